The van der Waals surface area contributed by atoms with Gasteiger partial charge in [0.25, 0.3) is 5.91 Å². The number of cyclic esters (lactones) is 1. The van der Waals surface area contributed by atoms with Crippen LogP contribution in [-0.2, 0) is 11.3 Å². The van der Waals surface area contributed by atoms with Gasteiger partial charge in [-0.15, -0.1) is 0 Å². The largest absolute Gasteiger partial charge is 0.507 e. The molecule has 2 fully saturated rings. The normalized spacial score (nSPS) is 16.7. The van der Waals surface area contributed by atoms with Crippen LogP contribution in [0.4, 0.5) is 13.6 Å². The van der Waals surface area contributed by atoms with E-state index in [2.05, 4.69) is 10.3 Å². The van der Waals surface area contributed by atoms with E-state index in [0.29, 0.717) is 18.2 Å². The molecule has 2 N–H and O–H groups in total. The first-order valence-electron chi connectivity index (χ1n) is 10.9. The van der Waals surface area contributed by atoms with Crippen molar-refractivity contribution in [3.8, 4) is 17.1 Å². The number of amides is 2. The second kappa shape index (κ2) is 10.7. The Bertz CT molecular complexity index is 1220. The number of rotatable bonds is 4. The van der Waals surface area contributed by atoms with Crippen LogP contribution < -0.4 is 5.32 Å². The minimum absolute atomic E-state index is 0.0308. The Hall–Kier alpha value is -3.66. The zero-order valence-electron chi connectivity index (χ0n) is 18.5. The van der Waals surface area contributed by atoms with Gasteiger partial charge < -0.3 is 24.5 Å². The molecule has 0 saturated carbocycles. The minimum Gasteiger partial charge on any atom is -0.507 e. The van der Waals surface area contributed by atoms with Crippen molar-refractivity contribution in [3.63, 3.8) is 0 Å². The summed E-state index contributed by atoms with van der Waals surface area (Å²) in [6.45, 7) is 1.50. The maximum Gasteiger partial charge on any atom is 0.410 e. The second-order valence-electron chi connectivity index (χ2n) is 8.07. The Morgan fingerprint density at radius 2 is 2.06 bits per heavy atom. The average Bonchev–Trinajstić information content (AvgIpc) is 3.52. The first-order chi connectivity index (χ1) is 16.8. The van der Waals surface area contributed by atoms with Crippen LogP contribution >= 0.6 is 11.6 Å². The molecule has 3 heterocycles. The molecular formula is C24H22ClF2N3O5. The van der Waals surface area contributed by atoms with Gasteiger partial charge in [0, 0.05) is 13.1 Å². The molecule has 8 nitrogen and oxygen atoms in total. The molecule has 2 aliphatic heterocycles. The number of ether oxygens (including phenoxy) is 1. The van der Waals surface area contributed by atoms with Crippen molar-refractivity contribution < 1.29 is 32.6 Å². The smallest absolute Gasteiger partial charge is 0.410 e. The second-order valence-corrected chi connectivity index (χ2v) is 8.47. The molecule has 5 rings (SSSR count). The fourth-order valence-corrected chi connectivity index (χ4v) is 3.99. The van der Waals surface area contributed by atoms with E-state index in [-0.39, 0.29) is 40.3 Å². The third kappa shape index (κ3) is 5.71. The SMILES string of the molecule is O=C(NCc1ccc(Cl)c(F)c1)c1cc(O)c(-c2cnco2)cc1F.O=C1OC[C@@H]2CCCCN12. The van der Waals surface area contributed by atoms with E-state index in [1.54, 1.807) is 0 Å². The van der Waals surface area contributed by atoms with Crippen LogP contribution in [-0.4, -0.2) is 46.2 Å². The van der Waals surface area contributed by atoms with Crippen LogP contribution in [0.25, 0.3) is 11.3 Å². The molecule has 2 aromatic carbocycles. The van der Waals surface area contributed by atoms with Crippen LogP contribution in [0.2, 0.25) is 5.02 Å². The van der Waals surface area contributed by atoms with Gasteiger partial charge in [-0.2, -0.15) is 0 Å². The Labute approximate surface area is 204 Å². The van der Waals surface area contributed by atoms with Gasteiger partial charge in [0.15, 0.2) is 12.2 Å². The molecule has 0 unspecified atom stereocenters. The van der Waals surface area contributed by atoms with E-state index in [1.807, 2.05) is 4.90 Å². The van der Waals surface area contributed by atoms with Gasteiger partial charge in [-0.25, -0.2) is 18.6 Å². The highest BCUT2D eigenvalue weighted by molar-refractivity contribution is 6.30. The molecular weight excluding hydrogens is 484 g/mol. The molecule has 35 heavy (non-hydrogen) atoms. The Kier molecular flexibility index (Phi) is 7.50. The Balaban J connectivity index is 0.000000239. The zero-order valence-corrected chi connectivity index (χ0v) is 19.2. The summed E-state index contributed by atoms with van der Waals surface area (Å²) in [6.07, 6.45) is 5.86. The third-order valence-electron chi connectivity index (χ3n) is 5.73. The number of nitrogens with zero attached hydrogens (tertiary/aromatic N) is 2. The number of aromatic hydroxyl groups is 1. The van der Waals surface area contributed by atoms with Crippen molar-refractivity contribution >= 4 is 23.6 Å². The van der Waals surface area contributed by atoms with Crippen molar-refractivity contribution in [1.82, 2.24) is 15.2 Å². The Morgan fingerprint density at radius 3 is 2.77 bits per heavy atom. The molecule has 1 aromatic heterocycles. The first-order valence-corrected chi connectivity index (χ1v) is 11.3. The quantitative estimate of drug-likeness (QED) is 0.522. The molecule has 11 heteroatoms. The van der Waals surface area contributed by atoms with E-state index < -0.39 is 17.5 Å². The monoisotopic (exact) mass is 505 g/mol. The fourth-order valence-electron chi connectivity index (χ4n) is 3.87. The maximum absolute atomic E-state index is 14.2. The summed E-state index contributed by atoms with van der Waals surface area (Å²) in [5.74, 6) is -2.38. The van der Waals surface area contributed by atoms with Crippen molar-refractivity contribution in [3.05, 3.63) is 70.7 Å². The zero-order chi connectivity index (χ0) is 24.9. The summed E-state index contributed by atoms with van der Waals surface area (Å²) in [6, 6.07) is 6.44. The molecule has 2 aliphatic rings. The van der Waals surface area contributed by atoms with Crippen molar-refractivity contribution in [2.24, 2.45) is 0 Å². The molecule has 3 aromatic rings. The third-order valence-corrected chi connectivity index (χ3v) is 6.03. The number of piperidine rings is 1. The maximum atomic E-state index is 14.2. The average molecular weight is 506 g/mol. The summed E-state index contributed by atoms with van der Waals surface area (Å²) in [5, 5.41) is 12.4. The Morgan fingerprint density at radius 1 is 1.23 bits per heavy atom. The van der Waals surface area contributed by atoms with Gasteiger partial charge >= 0.3 is 6.09 Å². The molecule has 0 radical (unpaired) electrons. The van der Waals surface area contributed by atoms with Gasteiger partial charge in [0.2, 0.25) is 0 Å². The lowest BCUT2D eigenvalue weighted by Gasteiger charge is -2.25. The molecule has 0 aliphatic carbocycles. The summed E-state index contributed by atoms with van der Waals surface area (Å²) < 4.78 is 37.5. The van der Waals surface area contributed by atoms with Crippen LogP contribution in [0.1, 0.15) is 35.2 Å². The summed E-state index contributed by atoms with van der Waals surface area (Å²) in [5.41, 5.74) is 0.180. The number of phenols is 1. The van der Waals surface area contributed by atoms with Gasteiger partial charge in [0.05, 0.1) is 28.4 Å². The number of carbonyl (C=O) groups is 2. The molecule has 2 amide bonds. The van der Waals surface area contributed by atoms with Crippen LogP contribution in [0.15, 0.2) is 47.3 Å². The van der Waals surface area contributed by atoms with Gasteiger partial charge in [-0.05, 0) is 49.1 Å². The highest BCUT2D eigenvalue weighted by Gasteiger charge is 2.34. The molecule has 184 valence electrons. The van der Waals surface area contributed by atoms with Crippen LogP contribution in [0, 0.1) is 11.6 Å². The predicted molar refractivity (Wildman–Crippen MR) is 122 cm³/mol. The number of oxazole rings is 1. The number of hydrogen-bond donors (Lipinski definition) is 2. The van der Waals surface area contributed by atoms with E-state index in [4.69, 9.17) is 20.8 Å². The molecule has 2 saturated heterocycles. The summed E-state index contributed by atoms with van der Waals surface area (Å²) in [4.78, 5) is 28.6. The predicted octanol–water partition coefficient (Wildman–Crippen LogP) is 4.90. The number of phenolic OH excluding ortho intramolecular Hbond substituents is 1. The van der Waals surface area contributed by atoms with Gasteiger partial charge in [0.1, 0.15) is 24.0 Å². The number of hydrogen-bond acceptors (Lipinski definition) is 6. The van der Waals surface area contributed by atoms with Crippen LogP contribution in [0.5, 0.6) is 5.75 Å². The highest BCUT2D eigenvalue weighted by atomic mass is 35.5. The van der Waals surface area contributed by atoms with Crippen molar-refractivity contribution in [2.45, 2.75) is 31.8 Å². The standard InChI is InChI=1S/C17H11ClF2N2O3.C7H11NO2/c18-12-2-1-9(3-14(12)20)6-22-17(24)10-5-15(23)11(4-13(10)19)16-7-21-8-25-16;9-7-8-4-2-1-3-6(8)5-10-7/h1-5,7-8,23H,6H2,(H,22,24);6H,1-5H2/t;6-/m.0/s1. The van der Waals surface area contributed by atoms with E-state index in [0.717, 1.165) is 37.9 Å². The number of benzene rings is 2. The highest BCUT2D eigenvalue weighted by Crippen LogP contribution is 2.31. The lowest BCUT2D eigenvalue weighted by molar-refractivity contribution is 0.0946. The molecule has 1 atom stereocenters. The lowest BCUT2D eigenvalue weighted by Crippen LogP contribution is -2.37. The molecule has 0 spiro atoms. The van der Waals surface area contributed by atoms with Crippen molar-refractivity contribution in [1.29, 1.82) is 0 Å². The lowest BCUT2D eigenvalue weighted by atomic mass is 10.0. The van der Waals surface area contributed by atoms with E-state index >= 15 is 0 Å². The number of aromatic nitrogens is 1. The fraction of sp³-hybridized carbons (Fsp3) is 0.292. The minimum atomic E-state index is -0.844. The van der Waals surface area contributed by atoms with E-state index in [9.17, 15) is 23.5 Å². The topological polar surface area (TPSA) is 105 Å². The van der Waals surface area contributed by atoms with Crippen LogP contribution in [0.3, 0.4) is 0 Å². The van der Waals surface area contributed by atoms with E-state index in [1.165, 1.54) is 30.8 Å². The number of nitrogens with one attached hydrogen (secondary N) is 1. The van der Waals surface area contributed by atoms with Crippen molar-refractivity contribution in [2.75, 3.05) is 13.2 Å². The van der Waals surface area contributed by atoms with Gasteiger partial charge in [-0.3, -0.25) is 4.79 Å². The summed E-state index contributed by atoms with van der Waals surface area (Å²) in [7, 11) is 0. The van der Waals surface area contributed by atoms with Gasteiger partial charge in [-0.1, -0.05) is 17.7 Å². The summed E-state index contributed by atoms with van der Waals surface area (Å²) >= 11 is 5.58. The number of halogens is 3. The first kappa shape index (κ1) is 24.5. The number of carbonyl (C=O) groups excluding carboxylic acids is 2. The molecule has 0 bridgehead atoms. The number of fused-ring (bicyclic) bond motifs is 1.